The maximum absolute atomic E-state index is 12.6. The van der Waals surface area contributed by atoms with Gasteiger partial charge >= 0.3 is 0 Å². The molecule has 0 radical (unpaired) electrons. The molecule has 0 aliphatic rings. The highest BCUT2D eigenvalue weighted by Crippen LogP contribution is 2.32. The van der Waals surface area contributed by atoms with Gasteiger partial charge in [0.25, 0.3) is 5.91 Å². The minimum Gasteiger partial charge on any atom is -0.457 e. The average molecular weight is 535 g/mol. The fourth-order valence-corrected chi connectivity index (χ4v) is 3.58. The zero-order chi connectivity index (χ0) is 22.5. The van der Waals surface area contributed by atoms with E-state index in [1.165, 1.54) is 0 Å². The summed E-state index contributed by atoms with van der Waals surface area (Å²) in [6, 6.07) is 14.2. The highest BCUT2D eigenvalue weighted by molar-refractivity contribution is 9.10. The number of rotatable bonds is 8. The zero-order valence-corrected chi connectivity index (χ0v) is 19.8. The molecule has 0 atom stereocenters. The third-order valence-corrected chi connectivity index (χ3v) is 5.81. The first kappa shape index (κ1) is 22.4. The predicted octanol–water partition coefficient (Wildman–Crippen LogP) is 5.57. The summed E-state index contributed by atoms with van der Waals surface area (Å²) in [5.74, 6) is 0.857. The van der Waals surface area contributed by atoms with E-state index in [0.717, 1.165) is 10.0 Å². The lowest BCUT2D eigenvalue weighted by atomic mass is 10.2. The molecule has 0 saturated heterocycles. The Balaban J connectivity index is 1.40. The maximum atomic E-state index is 12.6. The van der Waals surface area contributed by atoms with Crippen molar-refractivity contribution in [2.45, 2.75) is 19.6 Å². The van der Waals surface area contributed by atoms with Crippen LogP contribution in [0, 0.1) is 0 Å². The van der Waals surface area contributed by atoms with Crippen molar-refractivity contribution in [3.8, 4) is 11.5 Å². The number of benzene rings is 2. The van der Waals surface area contributed by atoms with Crippen molar-refractivity contribution < 1.29 is 9.53 Å². The molecule has 0 saturated carbocycles. The van der Waals surface area contributed by atoms with Gasteiger partial charge < -0.3 is 10.1 Å². The molecule has 164 valence electrons. The lowest BCUT2D eigenvalue weighted by molar-refractivity contribution is 0.0945. The number of carbonyl (C=O) groups is 1. The summed E-state index contributed by atoms with van der Waals surface area (Å²) >= 11 is 15.5. The number of halogens is 3. The van der Waals surface area contributed by atoms with Crippen molar-refractivity contribution >= 4 is 45.0 Å². The van der Waals surface area contributed by atoms with Gasteiger partial charge in [-0.25, -0.2) is 0 Å². The zero-order valence-electron chi connectivity index (χ0n) is 16.7. The van der Waals surface area contributed by atoms with Crippen LogP contribution in [0.15, 0.2) is 71.6 Å². The third-order valence-electron chi connectivity index (χ3n) is 4.58. The first-order valence-corrected chi connectivity index (χ1v) is 11.2. The first-order valence-electron chi connectivity index (χ1n) is 9.68. The van der Waals surface area contributed by atoms with Crippen molar-refractivity contribution in [1.29, 1.82) is 0 Å². The van der Waals surface area contributed by atoms with Crippen LogP contribution in [-0.4, -0.2) is 25.5 Å². The van der Waals surface area contributed by atoms with Gasteiger partial charge in [0.1, 0.15) is 17.2 Å². The van der Waals surface area contributed by atoms with E-state index in [2.05, 4.69) is 31.4 Å². The molecule has 1 amide bonds. The lowest BCUT2D eigenvalue weighted by Crippen LogP contribution is -2.24. The maximum Gasteiger partial charge on any atom is 0.272 e. The van der Waals surface area contributed by atoms with Crippen LogP contribution in [0.5, 0.6) is 11.5 Å². The van der Waals surface area contributed by atoms with Gasteiger partial charge in [-0.2, -0.15) is 10.2 Å². The van der Waals surface area contributed by atoms with E-state index in [-0.39, 0.29) is 12.5 Å². The van der Waals surface area contributed by atoms with E-state index in [9.17, 15) is 4.79 Å². The Kier molecular flexibility index (Phi) is 7.14. The van der Waals surface area contributed by atoms with Gasteiger partial charge in [0.05, 0.1) is 23.1 Å². The van der Waals surface area contributed by atoms with E-state index in [4.69, 9.17) is 27.9 Å². The van der Waals surface area contributed by atoms with Crippen LogP contribution in [-0.2, 0) is 19.6 Å². The molecule has 0 aliphatic heterocycles. The van der Waals surface area contributed by atoms with Crippen molar-refractivity contribution in [1.82, 2.24) is 24.9 Å². The number of nitrogens with one attached hydrogen (secondary N) is 1. The van der Waals surface area contributed by atoms with Gasteiger partial charge in [-0.05, 0) is 36.4 Å². The van der Waals surface area contributed by atoms with Gasteiger partial charge in [-0.15, -0.1) is 0 Å². The molecule has 0 spiro atoms. The number of nitrogens with zero attached hydrogens (tertiary/aromatic N) is 4. The number of aromatic nitrogens is 4. The molecule has 4 aromatic rings. The molecule has 2 aromatic carbocycles. The van der Waals surface area contributed by atoms with E-state index in [1.54, 1.807) is 41.3 Å². The normalized spacial score (nSPS) is 10.8. The molecule has 7 nitrogen and oxygen atoms in total. The summed E-state index contributed by atoms with van der Waals surface area (Å²) in [6.45, 7) is 1.55. The Morgan fingerprint density at radius 3 is 2.66 bits per heavy atom. The summed E-state index contributed by atoms with van der Waals surface area (Å²) in [5, 5.41) is 12.2. The second-order valence-electron chi connectivity index (χ2n) is 6.85. The fourth-order valence-electron chi connectivity index (χ4n) is 2.95. The quantitative estimate of drug-likeness (QED) is 0.320. The molecule has 2 aromatic heterocycles. The molecule has 0 unspecified atom stereocenters. The van der Waals surface area contributed by atoms with E-state index < -0.39 is 0 Å². The number of carbonyl (C=O) groups excluding carboxylic acids is 1. The second-order valence-corrected chi connectivity index (χ2v) is 8.58. The molecular weight excluding hydrogens is 517 g/mol. The Bertz CT molecular complexity index is 1230. The molecule has 1 N–H and O–H groups in total. The molecule has 2 heterocycles. The fraction of sp³-hybridized carbons (Fsp3) is 0.136. The molecule has 10 heteroatoms. The Morgan fingerprint density at radius 1 is 1.03 bits per heavy atom. The van der Waals surface area contributed by atoms with Crippen LogP contribution in [0.3, 0.4) is 0 Å². The minimum atomic E-state index is -0.272. The standard InChI is InChI=1S/C22H18BrCl2N5O2/c23-16-3-2-15(21(12-16)32-17-4-5-18(24)19(25)13-17)14-26-22(31)20-6-9-30(28-20)11-10-29-8-1-7-27-29/h1-9,12-13H,10-11,14H2,(H,26,31). The largest absolute Gasteiger partial charge is 0.457 e. The van der Waals surface area contributed by atoms with Crippen molar-refractivity contribution in [3.05, 3.63) is 92.9 Å². The van der Waals surface area contributed by atoms with Gasteiger partial charge in [0.2, 0.25) is 0 Å². The van der Waals surface area contributed by atoms with Gasteiger partial charge in [0.15, 0.2) is 0 Å². The van der Waals surface area contributed by atoms with Gasteiger partial charge in [0, 0.05) is 41.2 Å². The lowest BCUT2D eigenvalue weighted by Gasteiger charge is -2.13. The van der Waals surface area contributed by atoms with E-state index in [1.807, 2.05) is 35.1 Å². The number of aryl methyl sites for hydroxylation is 2. The summed E-state index contributed by atoms with van der Waals surface area (Å²) in [5.41, 5.74) is 1.14. The smallest absolute Gasteiger partial charge is 0.272 e. The summed E-state index contributed by atoms with van der Waals surface area (Å²) in [4.78, 5) is 12.6. The van der Waals surface area contributed by atoms with Gasteiger partial charge in [-0.1, -0.05) is 45.2 Å². The Morgan fingerprint density at radius 2 is 1.88 bits per heavy atom. The minimum absolute atomic E-state index is 0.267. The van der Waals surface area contributed by atoms with Crippen LogP contribution in [0.25, 0.3) is 0 Å². The highest BCUT2D eigenvalue weighted by atomic mass is 79.9. The molecule has 4 rings (SSSR count). The molecule has 0 bridgehead atoms. The molecule has 0 aliphatic carbocycles. The van der Waals surface area contributed by atoms with Crippen molar-refractivity contribution in [2.24, 2.45) is 0 Å². The second kappa shape index (κ2) is 10.2. The van der Waals surface area contributed by atoms with Crippen LogP contribution < -0.4 is 10.1 Å². The Labute approximate surface area is 203 Å². The summed E-state index contributed by atoms with van der Waals surface area (Å²) in [6.07, 6.45) is 5.38. The number of hydrogen-bond donors (Lipinski definition) is 1. The summed E-state index contributed by atoms with van der Waals surface area (Å²) in [7, 11) is 0. The third kappa shape index (κ3) is 5.70. The van der Waals surface area contributed by atoms with E-state index in [0.29, 0.717) is 40.3 Å². The monoisotopic (exact) mass is 533 g/mol. The summed E-state index contributed by atoms with van der Waals surface area (Å²) < 4.78 is 10.4. The average Bonchev–Trinajstić information content (AvgIpc) is 3.46. The number of hydrogen-bond acceptors (Lipinski definition) is 4. The predicted molar refractivity (Wildman–Crippen MR) is 126 cm³/mol. The van der Waals surface area contributed by atoms with Crippen LogP contribution in [0.2, 0.25) is 10.0 Å². The molecule has 0 fully saturated rings. The molecule has 32 heavy (non-hydrogen) atoms. The molecular formula is C22H18BrCl2N5O2. The Hall–Kier alpha value is -2.81. The first-order chi connectivity index (χ1) is 15.5. The topological polar surface area (TPSA) is 74.0 Å². The number of amides is 1. The number of ether oxygens (including phenoxy) is 1. The van der Waals surface area contributed by atoms with Crippen molar-refractivity contribution in [3.63, 3.8) is 0 Å². The highest BCUT2D eigenvalue weighted by Gasteiger charge is 2.13. The van der Waals surface area contributed by atoms with Crippen LogP contribution >= 0.6 is 39.1 Å². The van der Waals surface area contributed by atoms with Crippen LogP contribution in [0.4, 0.5) is 0 Å². The van der Waals surface area contributed by atoms with Crippen molar-refractivity contribution in [2.75, 3.05) is 0 Å². The van der Waals surface area contributed by atoms with E-state index >= 15 is 0 Å². The van der Waals surface area contributed by atoms with Gasteiger partial charge in [-0.3, -0.25) is 14.2 Å². The van der Waals surface area contributed by atoms with Crippen LogP contribution in [0.1, 0.15) is 16.1 Å². The SMILES string of the molecule is O=C(NCc1ccc(Br)cc1Oc1ccc(Cl)c(Cl)c1)c1ccn(CCn2cccn2)n1.